The van der Waals surface area contributed by atoms with E-state index in [1.54, 1.807) is 18.3 Å². The zero-order valence-electron chi connectivity index (χ0n) is 17.9. The molecule has 0 atom stereocenters. The highest BCUT2D eigenvalue weighted by Gasteiger charge is 2.22. The Balaban J connectivity index is 2.00. The number of sulfonamides is 1. The van der Waals surface area contributed by atoms with Gasteiger partial charge in [-0.25, -0.2) is 13.8 Å². The Morgan fingerprint density at radius 1 is 1.21 bits per heavy atom. The molecule has 158 valence electrons. The average Bonchev–Trinajstić information content (AvgIpc) is 2.89. The molecule has 1 heterocycles. The number of likely N-dealkylation sites (N-methyl/N-ethyl adjacent to an activating group) is 1. The molecule has 0 unspecified atom stereocenters. The van der Waals surface area contributed by atoms with Crippen molar-refractivity contribution in [2.24, 2.45) is 11.0 Å². The van der Waals surface area contributed by atoms with E-state index in [2.05, 4.69) is 28.9 Å². The van der Waals surface area contributed by atoms with Crippen LogP contribution in [0.4, 0.5) is 0 Å². The topological polar surface area (TPSA) is 83.8 Å². The summed E-state index contributed by atoms with van der Waals surface area (Å²) in [6.07, 6.45) is 1.59. The third-order valence-electron chi connectivity index (χ3n) is 4.65. The SMILES string of the molecule is Cc1ccc(S(=O)(=O)N(C)CC(=O)N/N=C\c2cc(C)n(CC(C)C)c2C)cc1. The highest BCUT2D eigenvalue weighted by molar-refractivity contribution is 7.89. The van der Waals surface area contributed by atoms with E-state index in [0.29, 0.717) is 5.92 Å². The third kappa shape index (κ3) is 5.77. The molecular weight excluding hydrogens is 388 g/mol. The molecule has 7 nitrogen and oxygen atoms in total. The summed E-state index contributed by atoms with van der Waals surface area (Å²) >= 11 is 0. The van der Waals surface area contributed by atoms with Crippen LogP contribution in [0.1, 0.15) is 36.4 Å². The highest BCUT2D eigenvalue weighted by atomic mass is 32.2. The van der Waals surface area contributed by atoms with Crippen LogP contribution in [-0.2, 0) is 21.4 Å². The fourth-order valence-corrected chi connectivity index (χ4v) is 4.12. The van der Waals surface area contributed by atoms with Crippen LogP contribution in [0.15, 0.2) is 40.3 Å². The molecule has 0 radical (unpaired) electrons. The zero-order valence-corrected chi connectivity index (χ0v) is 18.7. The van der Waals surface area contributed by atoms with Crippen LogP contribution in [0.3, 0.4) is 0 Å². The average molecular weight is 419 g/mol. The van der Waals surface area contributed by atoms with Gasteiger partial charge >= 0.3 is 0 Å². The second-order valence-electron chi connectivity index (χ2n) is 7.70. The van der Waals surface area contributed by atoms with E-state index in [9.17, 15) is 13.2 Å². The van der Waals surface area contributed by atoms with E-state index in [0.717, 1.165) is 33.4 Å². The van der Waals surface area contributed by atoms with Gasteiger partial charge < -0.3 is 4.57 Å². The van der Waals surface area contributed by atoms with Crippen LogP contribution in [0.25, 0.3) is 0 Å². The number of hydrazone groups is 1. The van der Waals surface area contributed by atoms with Crippen molar-refractivity contribution in [3.63, 3.8) is 0 Å². The Morgan fingerprint density at radius 2 is 1.83 bits per heavy atom. The predicted octanol–water partition coefficient (Wildman–Crippen LogP) is 2.84. The molecule has 0 aliphatic carbocycles. The largest absolute Gasteiger partial charge is 0.348 e. The van der Waals surface area contributed by atoms with Crippen LogP contribution in [-0.4, -0.2) is 43.0 Å². The first-order chi connectivity index (χ1) is 13.5. The van der Waals surface area contributed by atoms with Crippen LogP contribution < -0.4 is 5.43 Å². The minimum atomic E-state index is -3.73. The van der Waals surface area contributed by atoms with E-state index in [1.165, 1.54) is 19.2 Å². The van der Waals surface area contributed by atoms with Crippen LogP contribution in [0.2, 0.25) is 0 Å². The Hall–Kier alpha value is -2.45. The van der Waals surface area contributed by atoms with Gasteiger partial charge in [0.2, 0.25) is 10.0 Å². The first kappa shape index (κ1) is 22.8. The van der Waals surface area contributed by atoms with Crippen LogP contribution in [0, 0.1) is 26.7 Å². The van der Waals surface area contributed by atoms with Crippen LogP contribution >= 0.6 is 0 Å². The van der Waals surface area contributed by atoms with Gasteiger partial charge in [0.25, 0.3) is 5.91 Å². The lowest BCUT2D eigenvalue weighted by Gasteiger charge is -2.16. The molecule has 1 aromatic heterocycles. The van der Waals surface area contributed by atoms with Gasteiger partial charge in [0.1, 0.15) is 0 Å². The molecule has 0 aliphatic rings. The molecule has 0 spiro atoms. The molecule has 0 bridgehead atoms. The van der Waals surface area contributed by atoms with Crippen molar-refractivity contribution in [3.05, 3.63) is 52.8 Å². The lowest BCUT2D eigenvalue weighted by molar-refractivity contribution is -0.121. The van der Waals surface area contributed by atoms with Gasteiger partial charge in [0, 0.05) is 30.5 Å². The molecule has 2 aromatic rings. The number of carbonyl (C=O) groups is 1. The molecule has 0 fully saturated rings. The lowest BCUT2D eigenvalue weighted by atomic mass is 10.2. The van der Waals surface area contributed by atoms with Gasteiger partial charge in [0.05, 0.1) is 17.7 Å². The number of aromatic nitrogens is 1. The van der Waals surface area contributed by atoms with E-state index in [-0.39, 0.29) is 11.4 Å². The number of aryl methyl sites for hydroxylation is 2. The fraction of sp³-hybridized carbons (Fsp3) is 0.429. The first-order valence-corrected chi connectivity index (χ1v) is 11.0. The van der Waals surface area contributed by atoms with Crippen molar-refractivity contribution in [2.45, 2.75) is 46.1 Å². The maximum Gasteiger partial charge on any atom is 0.255 e. The quantitative estimate of drug-likeness (QED) is 0.528. The standard InChI is InChI=1S/C21H30N4O3S/c1-15(2)13-25-17(4)11-19(18(25)5)12-22-23-21(26)14-24(6)29(27,28)20-9-7-16(3)8-10-20/h7-12,15H,13-14H2,1-6H3,(H,23,26)/b22-12-. The maximum atomic E-state index is 12.6. The maximum absolute atomic E-state index is 12.6. The predicted molar refractivity (Wildman–Crippen MR) is 115 cm³/mol. The Morgan fingerprint density at radius 3 is 2.41 bits per heavy atom. The molecule has 1 N–H and O–H groups in total. The summed E-state index contributed by atoms with van der Waals surface area (Å²) < 4.78 is 28.3. The minimum absolute atomic E-state index is 0.152. The van der Waals surface area contributed by atoms with Gasteiger partial charge in [0.15, 0.2) is 0 Å². The number of hydrogen-bond donors (Lipinski definition) is 1. The molecule has 2 rings (SSSR count). The molecular formula is C21H30N4O3S. The van der Waals surface area contributed by atoms with Crippen molar-refractivity contribution in [1.29, 1.82) is 0 Å². The summed E-state index contributed by atoms with van der Waals surface area (Å²) in [5.41, 5.74) is 6.50. The Bertz CT molecular complexity index is 990. The number of carbonyl (C=O) groups excluding carboxylic acids is 1. The number of rotatable bonds is 8. The van der Waals surface area contributed by atoms with Crippen molar-refractivity contribution >= 4 is 22.1 Å². The van der Waals surface area contributed by atoms with Crippen molar-refractivity contribution < 1.29 is 13.2 Å². The number of nitrogens with one attached hydrogen (secondary N) is 1. The highest BCUT2D eigenvalue weighted by Crippen LogP contribution is 2.16. The summed E-state index contributed by atoms with van der Waals surface area (Å²) in [5, 5.41) is 4.00. The van der Waals surface area contributed by atoms with E-state index in [4.69, 9.17) is 0 Å². The van der Waals surface area contributed by atoms with Crippen molar-refractivity contribution in [2.75, 3.05) is 13.6 Å². The van der Waals surface area contributed by atoms with E-state index < -0.39 is 15.9 Å². The summed E-state index contributed by atoms with van der Waals surface area (Å²) in [6, 6.07) is 8.53. The summed E-state index contributed by atoms with van der Waals surface area (Å²) in [6.45, 7) is 10.9. The van der Waals surface area contributed by atoms with Crippen molar-refractivity contribution in [1.82, 2.24) is 14.3 Å². The molecule has 8 heteroatoms. The molecule has 0 saturated carbocycles. The first-order valence-electron chi connectivity index (χ1n) is 9.54. The summed E-state index contributed by atoms with van der Waals surface area (Å²) in [5.74, 6) is 0.0192. The fourth-order valence-electron chi connectivity index (χ4n) is 2.99. The second-order valence-corrected chi connectivity index (χ2v) is 9.74. The Labute approximate surface area is 173 Å². The molecule has 0 aliphatic heterocycles. The molecule has 1 amide bonds. The second kappa shape index (κ2) is 9.37. The zero-order chi connectivity index (χ0) is 21.8. The lowest BCUT2D eigenvalue weighted by Crippen LogP contribution is -2.36. The Kier molecular flexibility index (Phi) is 7.37. The molecule has 1 aromatic carbocycles. The smallest absolute Gasteiger partial charge is 0.255 e. The number of benzene rings is 1. The van der Waals surface area contributed by atoms with Gasteiger partial charge in [-0.15, -0.1) is 0 Å². The van der Waals surface area contributed by atoms with Crippen molar-refractivity contribution in [3.8, 4) is 0 Å². The normalized spacial score (nSPS) is 12.3. The third-order valence-corrected chi connectivity index (χ3v) is 6.47. The number of amides is 1. The summed E-state index contributed by atoms with van der Waals surface area (Å²) in [4.78, 5) is 12.3. The van der Waals surface area contributed by atoms with Gasteiger partial charge in [-0.05, 0) is 44.9 Å². The molecule has 29 heavy (non-hydrogen) atoms. The minimum Gasteiger partial charge on any atom is -0.348 e. The number of hydrogen-bond acceptors (Lipinski definition) is 4. The number of nitrogens with zero attached hydrogens (tertiary/aromatic N) is 3. The van der Waals surface area contributed by atoms with Gasteiger partial charge in [-0.1, -0.05) is 31.5 Å². The van der Waals surface area contributed by atoms with Crippen LogP contribution in [0.5, 0.6) is 0 Å². The molecule has 0 saturated heterocycles. The monoisotopic (exact) mass is 418 g/mol. The van der Waals surface area contributed by atoms with E-state index in [1.807, 2.05) is 26.8 Å². The van der Waals surface area contributed by atoms with Gasteiger partial charge in [-0.2, -0.15) is 9.41 Å². The summed E-state index contributed by atoms with van der Waals surface area (Å²) in [7, 11) is -2.36. The van der Waals surface area contributed by atoms with E-state index >= 15 is 0 Å². The van der Waals surface area contributed by atoms with Gasteiger partial charge in [-0.3, -0.25) is 4.79 Å².